The van der Waals surface area contributed by atoms with Crippen LogP contribution in [0.4, 0.5) is 11.4 Å². The highest BCUT2D eigenvalue weighted by Crippen LogP contribution is 2.34. The van der Waals surface area contributed by atoms with E-state index >= 15 is 0 Å². The van der Waals surface area contributed by atoms with Crippen molar-refractivity contribution in [3.8, 4) is 5.75 Å². The summed E-state index contributed by atoms with van der Waals surface area (Å²) in [5.41, 5.74) is 7.39. The molecule has 1 amide bonds. The zero-order chi connectivity index (χ0) is 14.0. The summed E-state index contributed by atoms with van der Waals surface area (Å²) in [5, 5.41) is 8.97. The number of anilines is 2. The smallest absolute Gasteiger partial charge is 0.264 e. The number of hydrogen-bond acceptors (Lipinski definition) is 5. The van der Waals surface area contributed by atoms with Crippen LogP contribution in [0.2, 0.25) is 0 Å². The molecule has 0 spiro atoms. The number of ether oxygens (including phenoxy) is 1. The number of hydrogen-bond donors (Lipinski definition) is 2. The van der Waals surface area contributed by atoms with Crippen molar-refractivity contribution in [1.29, 1.82) is 0 Å². The van der Waals surface area contributed by atoms with E-state index in [0.717, 1.165) is 11.4 Å². The fourth-order valence-electron chi connectivity index (χ4n) is 2.01. The number of aliphatic hydroxyl groups excluding tert-OH is 1. The number of likely N-dealkylation sites (N-methyl/N-ethyl adjacent to an activating group) is 2. The van der Waals surface area contributed by atoms with Crippen molar-refractivity contribution in [1.82, 2.24) is 0 Å². The quantitative estimate of drug-likeness (QED) is 0.788. The van der Waals surface area contributed by atoms with Crippen LogP contribution in [-0.2, 0) is 4.79 Å². The van der Waals surface area contributed by atoms with Crippen LogP contribution in [-0.4, -0.2) is 50.9 Å². The number of aliphatic hydroxyl groups is 1. The summed E-state index contributed by atoms with van der Waals surface area (Å²) in [7, 11) is 3.62. The van der Waals surface area contributed by atoms with E-state index in [1.165, 1.54) is 0 Å². The molecular formula is C13H19N3O3. The number of nitrogens with two attached hydrogens (primary N) is 1. The minimum Gasteiger partial charge on any atom is -0.482 e. The number of rotatable bonds is 4. The van der Waals surface area contributed by atoms with Gasteiger partial charge in [0.15, 0.2) is 6.61 Å². The SMILES string of the molecule is CN(CC(N)CO)c1ccc2c(c1)N(C)C(=O)CO2. The standard InChI is InChI=1S/C13H19N3O3/c1-15(6-9(14)7-17)10-3-4-12-11(5-10)16(2)13(18)8-19-12/h3-5,9,17H,6-8,14H2,1-2H3. The van der Waals surface area contributed by atoms with Gasteiger partial charge in [-0.05, 0) is 18.2 Å². The molecule has 1 aliphatic rings. The Morgan fingerprint density at radius 3 is 3.00 bits per heavy atom. The molecule has 0 aromatic heterocycles. The van der Waals surface area contributed by atoms with Crippen LogP contribution in [0.15, 0.2) is 18.2 Å². The number of carbonyl (C=O) groups is 1. The normalized spacial score (nSPS) is 15.8. The summed E-state index contributed by atoms with van der Waals surface area (Å²) in [5.74, 6) is 0.630. The lowest BCUT2D eigenvalue weighted by molar-refractivity contribution is -0.120. The molecule has 1 heterocycles. The Bertz CT molecular complexity index is 478. The number of nitrogens with zero attached hydrogens (tertiary/aromatic N) is 2. The largest absolute Gasteiger partial charge is 0.482 e. The predicted octanol–water partition coefficient (Wildman–Crippen LogP) is -0.202. The van der Waals surface area contributed by atoms with E-state index < -0.39 is 0 Å². The van der Waals surface area contributed by atoms with Crippen molar-refractivity contribution in [3.63, 3.8) is 0 Å². The molecule has 0 fully saturated rings. The number of benzene rings is 1. The first-order valence-electron chi connectivity index (χ1n) is 6.14. The third-order valence-corrected chi connectivity index (χ3v) is 3.21. The second-order valence-corrected chi connectivity index (χ2v) is 4.72. The first kappa shape index (κ1) is 13.6. The Labute approximate surface area is 112 Å². The summed E-state index contributed by atoms with van der Waals surface area (Å²) < 4.78 is 5.37. The van der Waals surface area contributed by atoms with E-state index in [-0.39, 0.29) is 25.2 Å². The highest BCUT2D eigenvalue weighted by atomic mass is 16.5. The van der Waals surface area contributed by atoms with Crippen LogP contribution >= 0.6 is 0 Å². The van der Waals surface area contributed by atoms with Crippen LogP contribution in [0.1, 0.15) is 0 Å². The highest BCUT2D eigenvalue weighted by molar-refractivity contribution is 5.97. The van der Waals surface area contributed by atoms with Crippen LogP contribution in [0.5, 0.6) is 5.75 Å². The highest BCUT2D eigenvalue weighted by Gasteiger charge is 2.22. The minimum absolute atomic E-state index is 0.0587. The molecule has 1 aromatic rings. The van der Waals surface area contributed by atoms with Gasteiger partial charge in [0.1, 0.15) is 5.75 Å². The lowest BCUT2D eigenvalue weighted by Gasteiger charge is -2.29. The van der Waals surface area contributed by atoms with Gasteiger partial charge in [-0.1, -0.05) is 0 Å². The monoisotopic (exact) mass is 265 g/mol. The Hall–Kier alpha value is -1.79. The Morgan fingerprint density at radius 2 is 2.32 bits per heavy atom. The number of carbonyl (C=O) groups excluding carboxylic acids is 1. The second-order valence-electron chi connectivity index (χ2n) is 4.72. The van der Waals surface area contributed by atoms with Gasteiger partial charge < -0.3 is 25.4 Å². The van der Waals surface area contributed by atoms with E-state index in [0.29, 0.717) is 12.3 Å². The maximum atomic E-state index is 11.6. The molecule has 1 aliphatic heterocycles. The molecule has 1 atom stereocenters. The van der Waals surface area contributed by atoms with Gasteiger partial charge in [-0.15, -0.1) is 0 Å². The van der Waals surface area contributed by atoms with Crippen LogP contribution in [0, 0.1) is 0 Å². The van der Waals surface area contributed by atoms with Gasteiger partial charge in [0.25, 0.3) is 5.91 Å². The summed E-state index contributed by atoms with van der Waals surface area (Å²) in [6.45, 7) is 0.554. The molecular weight excluding hydrogens is 246 g/mol. The average Bonchev–Trinajstić information content (AvgIpc) is 2.42. The summed E-state index contributed by atoms with van der Waals surface area (Å²) in [4.78, 5) is 15.1. The lowest BCUT2D eigenvalue weighted by Crippen LogP contribution is -2.38. The average molecular weight is 265 g/mol. The van der Waals surface area contributed by atoms with Gasteiger partial charge in [0.2, 0.25) is 0 Å². The van der Waals surface area contributed by atoms with Crippen molar-refractivity contribution in [3.05, 3.63) is 18.2 Å². The summed E-state index contributed by atoms with van der Waals surface area (Å²) in [6, 6.07) is 5.34. The number of amides is 1. The minimum atomic E-state index is -0.295. The van der Waals surface area contributed by atoms with E-state index in [9.17, 15) is 4.79 Å². The Balaban J connectivity index is 2.22. The Kier molecular flexibility index (Phi) is 3.92. The van der Waals surface area contributed by atoms with Gasteiger partial charge in [-0.25, -0.2) is 0 Å². The van der Waals surface area contributed by atoms with Crippen molar-refractivity contribution < 1.29 is 14.6 Å². The zero-order valence-corrected chi connectivity index (χ0v) is 11.2. The van der Waals surface area contributed by atoms with Crippen LogP contribution in [0.3, 0.4) is 0 Å². The van der Waals surface area contributed by atoms with E-state index in [1.54, 1.807) is 11.9 Å². The predicted molar refractivity (Wildman–Crippen MR) is 73.7 cm³/mol. The number of fused-ring (bicyclic) bond motifs is 1. The molecule has 0 bridgehead atoms. The van der Waals surface area contributed by atoms with Crippen LogP contribution < -0.4 is 20.3 Å². The van der Waals surface area contributed by atoms with Gasteiger partial charge in [-0.2, -0.15) is 0 Å². The molecule has 19 heavy (non-hydrogen) atoms. The molecule has 2 rings (SSSR count). The Morgan fingerprint density at radius 1 is 1.58 bits per heavy atom. The summed E-state index contributed by atoms with van der Waals surface area (Å²) >= 11 is 0. The third kappa shape index (κ3) is 2.80. The van der Waals surface area contributed by atoms with Crippen molar-refractivity contribution in [2.45, 2.75) is 6.04 Å². The summed E-state index contributed by atoms with van der Waals surface area (Å²) in [6.07, 6.45) is 0. The molecule has 104 valence electrons. The van der Waals surface area contributed by atoms with E-state index in [1.807, 2.05) is 30.1 Å². The molecule has 0 radical (unpaired) electrons. The van der Waals surface area contributed by atoms with Crippen molar-refractivity contribution in [2.75, 3.05) is 43.7 Å². The fourth-order valence-corrected chi connectivity index (χ4v) is 2.01. The molecule has 3 N–H and O–H groups in total. The van der Waals surface area contributed by atoms with Gasteiger partial charge in [-0.3, -0.25) is 4.79 Å². The molecule has 1 aromatic carbocycles. The van der Waals surface area contributed by atoms with E-state index in [4.69, 9.17) is 15.6 Å². The first-order chi connectivity index (χ1) is 9.02. The maximum absolute atomic E-state index is 11.6. The van der Waals surface area contributed by atoms with E-state index in [2.05, 4.69) is 0 Å². The molecule has 6 heteroatoms. The maximum Gasteiger partial charge on any atom is 0.264 e. The molecule has 0 saturated carbocycles. The lowest BCUT2D eigenvalue weighted by atomic mass is 10.2. The zero-order valence-electron chi connectivity index (χ0n) is 11.2. The molecule has 0 aliphatic carbocycles. The molecule has 6 nitrogen and oxygen atoms in total. The second kappa shape index (κ2) is 5.46. The fraction of sp³-hybridized carbons (Fsp3) is 0.462. The molecule has 0 saturated heterocycles. The van der Waals surface area contributed by atoms with Gasteiger partial charge in [0.05, 0.1) is 12.3 Å². The topological polar surface area (TPSA) is 79.0 Å². The van der Waals surface area contributed by atoms with Crippen LogP contribution in [0.25, 0.3) is 0 Å². The first-order valence-corrected chi connectivity index (χ1v) is 6.14. The van der Waals surface area contributed by atoms with Gasteiger partial charge in [0, 0.05) is 32.4 Å². The van der Waals surface area contributed by atoms with Crippen molar-refractivity contribution >= 4 is 17.3 Å². The van der Waals surface area contributed by atoms with Crippen molar-refractivity contribution in [2.24, 2.45) is 5.73 Å². The van der Waals surface area contributed by atoms with Gasteiger partial charge >= 0.3 is 0 Å². The third-order valence-electron chi connectivity index (χ3n) is 3.21. The molecule has 1 unspecified atom stereocenters.